The van der Waals surface area contributed by atoms with Gasteiger partial charge in [-0.2, -0.15) is 0 Å². The van der Waals surface area contributed by atoms with E-state index in [1.165, 1.54) is 6.92 Å². The van der Waals surface area contributed by atoms with Gasteiger partial charge < -0.3 is 4.90 Å². The third-order valence-electron chi connectivity index (χ3n) is 2.52. The van der Waals surface area contributed by atoms with E-state index in [1.54, 1.807) is 17.0 Å². The zero-order valence-corrected chi connectivity index (χ0v) is 14.9. The lowest BCUT2D eigenvalue weighted by Gasteiger charge is -2.23. The van der Waals surface area contributed by atoms with Crippen molar-refractivity contribution in [2.24, 2.45) is 5.92 Å². The molecule has 0 atom stereocenters. The number of hydrogen-bond acceptors (Lipinski definition) is 4. The van der Waals surface area contributed by atoms with Gasteiger partial charge >= 0.3 is 0 Å². The van der Waals surface area contributed by atoms with Crippen LogP contribution in [0.1, 0.15) is 20.8 Å². The topological polar surface area (TPSA) is 66.5 Å². The Morgan fingerprint density at radius 1 is 1.45 bits per heavy atom. The minimum Gasteiger partial charge on any atom is -0.341 e. The highest BCUT2D eigenvalue weighted by molar-refractivity contribution is 9.11. The van der Waals surface area contributed by atoms with Gasteiger partial charge in [0.25, 0.3) is 0 Å². The zero-order chi connectivity index (χ0) is 15.3. The lowest BCUT2D eigenvalue weighted by molar-refractivity contribution is -0.129. The third kappa shape index (κ3) is 5.51. The van der Waals surface area contributed by atoms with Crippen LogP contribution in [-0.2, 0) is 14.8 Å². The molecule has 8 heteroatoms. The second-order valence-electron chi connectivity index (χ2n) is 4.82. The number of thiophene rings is 1. The smallest absolute Gasteiger partial charge is 0.250 e. The summed E-state index contributed by atoms with van der Waals surface area (Å²) in [5.41, 5.74) is 0. The fraction of sp³-hybridized carbons (Fsp3) is 0.583. The predicted molar refractivity (Wildman–Crippen MR) is 84.3 cm³/mol. The number of carbonyl (C=O) groups excluding carboxylic acids is 1. The average molecular weight is 383 g/mol. The number of sulfonamides is 1. The molecule has 1 rings (SSSR count). The minimum atomic E-state index is -3.49. The number of hydrogen-bond donors (Lipinski definition) is 1. The molecule has 0 fully saturated rings. The maximum Gasteiger partial charge on any atom is 0.250 e. The van der Waals surface area contributed by atoms with E-state index in [0.717, 1.165) is 15.1 Å². The third-order valence-corrected chi connectivity index (χ3v) is 6.09. The van der Waals surface area contributed by atoms with Crippen LogP contribution in [0.5, 0.6) is 0 Å². The molecule has 1 aromatic heterocycles. The van der Waals surface area contributed by atoms with E-state index in [9.17, 15) is 13.2 Å². The van der Waals surface area contributed by atoms with Crippen molar-refractivity contribution >= 4 is 43.2 Å². The molecule has 0 saturated heterocycles. The maximum absolute atomic E-state index is 12.0. The van der Waals surface area contributed by atoms with Crippen LogP contribution in [0.25, 0.3) is 0 Å². The molecule has 0 aliphatic rings. The summed E-state index contributed by atoms with van der Waals surface area (Å²) in [6.45, 7) is 6.74. The average Bonchev–Trinajstić information content (AvgIpc) is 2.74. The van der Waals surface area contributed by atoms with Crippen LogP contribution >= 0.6 is 27.3 Å². The highest BCUT2D eigenvalue weighted by Gasteiger charge is 2.17. The van der Waals surface area contributed by atoms with Crippen LogP contribution in [0.2, 0.25) is 0 Å². The molecule has 0 unspecified atom stereocenters. The molecule has 20 heavy (non-hydrogen) atoms. The lowest BCUT2D eigenvalue weighted by Crippen LogP contribution is -2.39. The van der Waals surface area contributed by atoms with E-state index in [4.69, 9.17) is 0 Å². The molecule has 1 heterocycles. The van der Waals surface area contributed by atoms with E-state index >= 15 is 0 Å². The normalized spacial score (nSPS) is 11.8. The maximum atomic E-state index is 12.0. The minimum absolute atomic E-state index is 0.0447. The number of halogens is 1. The van der Waals surface area contributed by atoms with Crippen molar-refractivity contribution in [1.29, 1.82) is 0 Å². The van der Waals surface area contributed by atoms with Gasteiger partial charge in [0.05, 0.1) is 3.79 Å². The first-order valence-corrected chi connectivity index (χ1v) is 9.32. The molecule has 0 bridgehead atoms. The van der Waals surface area contributed by atoms with Crippen molar-refractivity contribution in [2.75, 3.05) is 19.6 Å². The van der Waals surface area contributed by atoms with Crippen LogP contribution < -0.4 is 4.72 Å². The molecule has 0 spiro atoms. The highest BCUT2D eigenvalue weighted by Crippen LogP contribution is 2.25. The van der Waals surface area contributed by atoms with Crippen LogP contribution in [0.3, 0.4) is 0 Å². The summed E-state index contributed by atoms with van der Waals surface area (Å²) in [5.74, 6) is 0.306. The van der Waals surface area contributed by atoms with E-state index in [0.29, 0.717) is 19.0 Å². The first-order chi connectivity index (χ1) is 9.22. The number of nitrogens with one attached hydrogen (secondary N) is 1. The van der Waals surface area contributed by atoms with Crippen LogP contribution in [-0.4, -0.2) is 38.9 Å². The van der Waals surface area contributed by atoms with Crippen molar-refractivity contribution in [1.82, 2.24) is 9.62 Å². The first-order valence-electron chi connectivity index (χ1n) is 6.23. The molecule has 5 nitrogen and oxygen atoms in total. The number of carbonyl (C=O) groups is 1. The summed E-state index contributed by atoms with van der Waals surface area (Å²) < 4.78 is 27.5. The molecular weight excluding hydrogens is 364 g/mol. The van der Waals surface area contributed by atoms with Crippen molar-refractivity contribution in [3.63, 3.8) is 0 Å². The fourth-order valence-electron chi connectivity index (χ4n) is 1.65. The van der Waals surface area contributed by atoms with Gasteiger partial charge in [0.2, 0.25) is 15.9 Å². The molecule has 1 amide bonds. The molecule has 0 saturated carbocycles. The van der Waals surface area contributed by atoms with Crippen LogP contribution in [0.4, 0.5) is 0 Å². The van der Waals surface area contributed by atoms with E-state index in [2.05, 4.69) is 20.7 Å². The van der Waals surface area contributed by atoms with Gasteiger partial charge in [0.15, 0.2) is 0 Å². The molecule has 0 aliphatic carbocycles. The molecule has 114 valence electrons. The van der Waals surface area contributed by atoms with Gasteiger partial charge in [-0.25, -0.2) is 13.1 Å². The molecule has 0 aromatic carbocycles. The van der Waals surface area contributed by atoms with Gasteiger partial charge in [-0.1, -0.05) is 13.8 Å². The van der Waals surface area contributed by atoms with Gasteiger partial charge in [0.1, 0.15) is 4.21 Å². The summed E-state index contributed by atoms with van der Waals surface area (Å²) >= 11 is 4.39. The summed E-state index contributed by atoms with van der Waals surface area (Å²) in [5, 5.41) is 0. The molecule has 1 N–H and O–H groups in total. The Balaban J connectivity index is 2.56. The Kier molecular flexibility index (Phi) is 6.63. The number of nitrogens with zero attached hydrogens (tertiary/aromatic N) is 1. The molecular formula is C12H19BrN2O3S2. The Labute approximate surface area is 132 Å². The van der Waals surface area contributed by atoms with Gasteiger partial charge in [-0.05, 0) is 34.0 Å². The number of amides is 1. The van der Waals surface area contributed by atoms with E-state index in [1.807, 2.05) is 13.8 Å². The summed E-state index contributed by atoms with van der Waals surface area (Å²) in [6.07, 6.45) is 0. The predicted octanol–water partition coefficient (Wildman–Crippen LogP) is 2.29. The second kappa shape index (κ2) is 7.53. The zero-order valence-electron chi connectivity index (χ0n) is 11.7. The summed E-state index contributed by atoms with van der Waals surface area (Å²) in [6, 6.07) is 3.24. The fourth-order valence-corrected chi connectivity index (χ4v) is 4.72. The monoisotopic (exact) mass is 382 g/mol. The summed E-state index contributed by atoms with van der Waals surface area (Å²) in [4.78, 5) is 13.1. The van der Waals surface area contributed by atoms with Gasteiger partial charge in [-0.3, -0.25) is 4.79 Å². The first kappa shape index (κ1) is 17.6. The summed E-state index contributed by atoms with van der Waals surface area (Å²) in [7, 11) is -3.49. The highest BCUT2D eigenvalue weighted by atomic mass is 79.9. The van der Waals surface area contributed by atoms with E-state index in [-0.39, 0.29) is 16.7 Å². The quantitative estimate of drug-likeness (QED) is 0.786. The Bertz CT molecular complexity index is 555. The molecule has 0 radical (unpaired) electrons. The molecule has 1 aromatic rings. The number of rotatable bonds is 7. The van der Waals surface area contributed by atoms with Crippen molar-refractivity contribution < 1.29 is 13.2 Å². The van der Waals surface area contributed by atoms with Gasteiger partial charge in [-0.15, -0.1) is 11.3 Å². The van der Waals surface area contributed by atoms with Crippen molar-refractivity contribution in [3.05, 3.63) is 15.9 Å². The SMILES string of the molecule is CC(=O)N(CCNS(=O)(=O)c1ccc(Br)s1)CC(C)C. The van der Waals surface area contributed by atoms with Crippen molar-refractivity contribution in [3.8, 4) is 0 Å². The lowest BCUT2D eigenvalue weighted by atomic mass is 10.2. The van der Waals surface area contributed by atoms with E-state index < -0.39 is 10.0 Å². The standard InChI is InChI=1S/C12H19BrN2O3S2/c1-9(2)8-15(10(3)16)7-6-14-20(17,18)12-5-4-11(13)19-12/h4-5,9,14H,6-8H2,1-3H3. The van der Waals surface area contributed by atoms with Gasteiger partial charge in [0, 0.05) is 26.6 Å². The Hall–Kier alpha value is -0.440. The Morgan fingerprint density at radius 2 is 2.10 bits per heavy atom. The van der Waals surface area contributed by atoms with Crippen LogP contribution in [0.15, 0.2) is 20.1 Å². The van der Waals surface area contributed by atoms with Crippen molar-refractivity contribution in [2.45, 2.75) is 25.0 Å². The van der Waals surface area contributed by atoms with Crippen LogP contribution in [0, 0.1) is 5.92 Å². The largest absolute Gasteiger partial charge is 0.341 e. The Morgan fingerprint density at radius 3 is 2.55 bits per heavy atom. The second-order valence-corrected chi connectivity index (χ2v) is 9.27. The molecule has 0 aliphatic heterocycles.